The fourth-order valence-corrected chi connectivity index (χ4v) is 2.28. The van der Waals surface area contributed by atoms with E-state index in [2.05, 4.69) is 5.32 Å². The van der Waals surface area contributed by atoms with Crippen molar-refractivity contribution < 1.29 is 13.9 Å². The smallest absolute Gasteiger partial charge is 0.126 e. The molecular formula is C12H15F2NO. The summed E-state index contributed by atoms with van der Waals surface area (Å²) in [5, 5.41) is 12.6. The van der Waals surface area contributed by atoms with Gasteiger partial charge in [-0.1, -0.05) is 0 Å². The Morgan fingerprint density at radius 1 is 1.25 bits per heavy atom. The number of halogens is 2. The van der Waals surface area contributed by atoms with Crippen molar-refractivity contribution in [1.29, 1.82) is 0 Å². The lowest BCUT2D eigenvalue weighted by Gasteiger charge is -2.25. The summed E-state index contributed by atoms with van der Waals surface area (Å²) in [4.78, 5) is 0. The van der Waals surface area contributed by atoms with Gasteiger partial charge in [0, 0.05) is 18.0 Å². The van der Waals surface area contributed by atoms with Crippen LogP contribution in [0.15, 0.2) is 18.2 Å². The normalized spacial score (nSPS) is 24.9. The molecule has 1 atom stereocenters. The van der Waals surface area contributed by atoms with Crippen LogP contribution in [0, 0.1) is 17.0 Å². The van der Waals surface area contributed by atoms with Gasteiger partial charge in [-0.25, -0.2) is 8.78 Å². The number of hydrogen-bond donors (Lipinski definition) is 2. The van der Waals surface area contributed by atoms with Gasteiger partial charge in [0.05, 0.1) is 6.61 Å². The third-order valence-electron chi connectivity index (χ3n) is 3.17. The molecular weight excluding hydrogens is 212 g/mol. The molecule has 88 valence electrons. The monoisotopic (exact) mass is 227 g/mol. The van der Waals surface area contributed by atoms with Crippen LogP contribution >= 0.6 is 0 Å². The molecule has 0 spiro atoms. The summed E-state index contributed by atoms with van der Waals surface area (Å²) in [5.74, 6) is -1.12. The van der Waals surface area contributed by atoms with E-state index in [1.165, 1.54) is 12.1 Å². The van der Waals surface area contributed by atoms with Crippen molar-refractivity contribution in [3.05, 3.63) is 35.4 Å². The Balaban J connectivity index is 2.18. The van der Waals surface area contributed by atoms with Crippen molar-refractivity contribution in [2.75, 3.05) is 19.7 Å². The highest BCUT2D eigenvalue weighted by atomic mass is 19.1. The van der Waals surface area contributed by atoms with E-state index in [-0.39, 0.29) is 12.0 Å². The zero-order chi connectivity index (χ0) is 11.6. The van der Waals surface area contributed by atoms with Crippen LogP contribution in [0.4, 0.5) is 8.78 Å². The predicted molar refractivity (Wildman–Crippen MR) is 57.1 cm³/mol. The molecule has 2 nitrogen and oxygen atoms in total. The van der Waals surface area contributed by atoms with Gasteiger partial charge in [-0.2, -0.15) is 0 Å². The molecule has 1 aromatic rings. The number of aliphatic hydroxyl groups is 1. The minimum absolute atomic E-state index is 0.0398. The maximum Gasteiger partial charge on any atom is 0.126 e. The van der Waals surface area contributed by atoms with Crippen LogP contribution in [0.2, 0.25) is 0 Å². The van der Waals surface area contributed by atoms with Gasteiger partial charge in [-0.3, -0.25) is 0 Å². The van der Waals surface area contributed by atoms with Crippen molar-refractivity contribution in [2.24, 2.45) is 5.41 Å². The van der Waals surface area contributed by atoms with E-state index in [1.807, 2.05) is 0 Å². The van der Waals surface area contributed by atoms with E-state index in [4.69, 9.17) is 0 Å². The summed E-state index contributed by atoms with van der Waals surface area (Å²) in [7, 11) is 0. The van der Waals surface area contributed by atoms with E-state index in [1.54, 1.807) is 0 Å². The van der Waals surface area contributed by atoms with Crippen molar-refractivity contribution in [3.63, 3.8) is 0 Å². The first-order valence-electron chi connectivity index (χ1n) is 5.40. The molecule has 1 unspecified atom stereocenters. The fraction of sp³-hybridized carbons (Fsp3) is 0.500. The standard InChI is InChI=1S/C12H15F2NO/c13-10-3-9(4-11(14)5-10)6-12(8-16)1-2-15-7-12/h3-5,15-16H,1-2,6-8H2. The van der Waals surface area contributed by atoms with Crippen LogP contribution in [0.25, 0.3) is 0 Å². The van der Waals surface area contributed by atoms with Crippen molar-refractivity contribution >= 4 is 0 Å². The molecule has 0 saturated carbocycles. The highest BCUT2D eigenvalue weighted by molar-refractivity contribution is 5.20. The molecule has 1 aromatic carbocycles. The highest BCUT2D eigenvalue weighted by Gasteiger charge is 2.33. The van der Waals surface area contributed by atoms with Gasteiger partial charge < -0.3 is 10.4 Å². The number of nitrogens with one attached hydrogen (secondary N) is 1. The van der Waals surface area contributed by atoms with Crippen molar-refractivity contribution in [1.82, 2.24) is 5.32 Å². The fourth-order valence-electron chi connectivity index (χ4n) is 2.28. The molecule has 1 saturated heterocycles. The maximum atomic E-state index is 13.0. The van der Waals surface area contributed by atoms with E-state index < -0.39 is 11.6 Å². The molecule has 1 fully saturated rings. The molecule has 2 rings (SSSR count). The highest BCUT2D eigenvalue weighted by Crippen LogP contribution is 2.29. The zero-order valence-corrected chi connectivity index (χ0v) is 8.97. The second-order valence-corrected chi connectivity index (χ2v) is 4.54. The van der Waals surface area contributed by atoms with Gasteiger partial charge >= 0.3 is 0 Å². The molecule has 1 heterocycles. The molecule has 0 radical (unpaired) electrons. The Morgan fingerprint density at radius 3 is 2.44 bits per heavy atom. The predicted octanol–water partition coefficient (Wildman–Crippen LogP) is 1.48. The van der Waals surface area contributed by atoms with Gasteiger partial charge in [0.25, 0.3) is 0 Å². The Hall–Kier alpha value is -1.00. The van der Waals surface area contributed by atoms with E-state index in [9.17, 15) is 13.9 Å². The molecule has 0 bridgehead atoms. The molecule has 4 heteroatoms. The largest absolute Gasteiger partial charge is 0.396 e. The summed E-state index contributed by atoms with van der Waals surface area (Å²) in [6.07, 6.45) is 1.34. The Bertz CT molecular complexity index is 355. The van der Waals surface area contributed by atoms with E-state index >= 15 is 0 Å². The van der Waals surface area contributed by atoms with E-state index in [0.717, 1.165) is 19.0 Å². The van der Waals surface area contributed by atoms with Crippen LogP contribution in [-0.2, 0) is 6.42 Å². The lowest BCUT2D eigenvalue weighted by Crippen LogP contribution is -2.30. The second kappa shape index (κ2) is 4.47. The minimum Gasteiger partial charge on any atom is -0.396 e. The number of rotatable bonds is 3. The molecule has 2 N–H and O–H groups in total. The first kappa shape index (κ1) is 11.5. The SMILES string of the molecule is OCC1(Cc2cc(F)cc(F)c2)CCNC1. The van der Waals surface area contributed by atoms with Crippen LogP contribution in [0.3, 0.4) is 0 Å². The first-order chi connectivity index (χ1) is 7.63. The number of hydrogen-bond acceptors (Lipinski definition) is 2. The Kier molecular flexibility index (Phi) is 3.21. The van der Waals surface area contributed by atoms with Gasteiger partial charge in [0.15, 0.2) is 0 Å². The average molecular weight is 227 g/mol. The topological polar surface area (TPSA) is 32.3 Å². The van der Waals surface area contributed by atoms with Crippen LogP contribution in [-0.4, -0.2) is 24.8 Å². The molecule has 1 aliphatic rings. The summed E-state index contributed by atoms with van der Waals surface area (Å²) < 4.78 is 26.0. The second-order valence-electron chi connectivity index (χ2n) is 4.54. The summed E-state index contributed by atoms with van der Waals surface area (Å²) in [5.41, 5.74) is 0.343. The van der Waals surface area contributed by atoms with Crippen LogP contribution < -0.4 is 5.32 Å². The average Bonchev–Trinajstić information content (AvgIpc) is 2.65. The van der Waals surface area contributed by atoms with Crippen LogP contribution in [0.5, 0.6) is 0 Å². The lowest BCUT2D eigenvalue weighted by molar-refractivity contribution is 0.142. The Morgan fingerprint density at radius 2 is 1.94 bits per heavy atom. The zero-order valence-electron chi connectivity index (χ0n) is 8.97. The Labute approximate surface area is 93.3 Å². The minimum atomic E-state index is -0.561. The van der Waals surface area contributed by atoms with Crippen molar-refractivity contribution in [3.8, 4) is 0 Å². The van der Waals surface area contributed by atoms with Gasteiger partial charge in [0.2, 0.25) is 0 Å². The third kappa shape index (κ3) is 2.39. The molecule has 0 aliphatic carbocycles. The number of benzene rings is 1. The van der Waals surface area contributed by atoms with Gasteiger partial charge in [-0.05, 0) is 37.1 Å². The summed E-state index contributed by atoms with van der Waals surface area (Å²) in [6.45, 7) is 1.58. The van der Waals surface area contributed by atoms with Gasteiger partial charge in [0.1, 0.15) is 11.6 Å². The third-order valence-corrected chi connectivity index (χ3v) is 3.17. The van der Waals surface area contributed by atoms with Crippen molar-refractivity contribution in [2.45, 2.75) is 12.8 Å². The summed E-state index contributed by atoms with van der Waals surface area (Å²) >= 11 is 0. The molecule has 1 aliphatic heterocycles. The maximum absolute atomic E-state index is 13.0. The molecule has 0 amide bonds. The summed E-state index contributed by atoms with van der Waals surface area (Å²) in [6, 6.07) is 3.53. The first-order valence-corrected chi connectivity index (χ1v) is 5.40. The molecule has 16 heavy (non-hydrogen) atoms. The van der Waals surface area contributed by atoms with Crippen LogP contribution in [0.1, 0.15) is 12.0 Å². The number of aliphatic hydroxyl groups excluding tert-OH is 1. The van der Waals surface area contributed by atoms with E-state index in [0.29, 0.717) is 18.5 Å². The molecule has 0 aromatic heterocycles. The quantitative estimate of drug-likeness (QED) is 0.819. The lowest BCUT2D eigenvalue weighted by atomic mass is 9.81. The van der Waals surface area contributed by atoms with Gasteiger partial charge in [-0.15, -0.1) is 0 Å².